The first-order chi connectivity index (χ1) is 15.9. The molecule has 2 aromatic rings. The van der Waals surface area contributed by atoms with Crippen LogP contribution in [0.2, 0.25) is 0 Å². The Hall–Kier alpha value is -3.38. The van der Waals surface area contributed by atoms with Gasteiger partial charge in [-0.15, -0.1) is 0 Å². The summed E-state index contributed by atoms with van der Waals surface area (Å²) in [6, 6.07) is 15.4. The number of nitrogens with one attached hydrogen (secondary N) is 3. The highest BCUT2D eigenvalue weighted by molar-refractivity contribution is 5.95. The molecular weight excluding hydrogens is 410 g/mol. The van der Waals surface area contributed by atoms with Gasteiger partial charge < -0.3 is 21.7 Å². The first kappa shape index (κ1) is 24.3. The van der Waals surface area contributed by atoms with Crippen molar-refractivity contribution in [3.8, 4) is 11.1 Å². The van der Waals surface area contributed by atoms with Crippen LogP contribution in [0.25, 0.3) is 11.1 Å². The number of amides is 1. The molecule has 33 heavy (non-hydrogen) atoms. The molecule has 2 aromatic carbocycles. The minimum absolute atomic E-state index is 0.111. The molecule has 0 aliphatic carbocycles. The molecule has 5 N–H and O–H groups in total. The van der Waals surface area contributed by atoms with E-state index in [2.05, 4.69) is 41.9 Å². The molecule has 1 aliphatic heterocycles. The molecular formula is C27H35N5O. The van der Waals surface area contributed by atoms with Gasteiger partial charge in [-0.2, -0.15) is 0 Å². The molecule has 0 bridgehead atoms. The molecule has 0 saturated carbocycles. The minimum atomic E-state index is -0.549. The monoisotopic (exact) mass is 445 g/mol. The molecule has 6 nitrogen and oxygen atoms in total. The largest absolute Gasteiger partial charge is 0.399 e. The number of benzene rings is 2. The van der Waals surface area contributed by atoms with Crippen LogP contribution in [0.4, 0.5) is 5.69 Å². The van der Waals surface area contributed by atoms with E-state index in [0.717, 1.165) is 46.9 Å². The maximum Gasteiger partial charge on any atom is 0.252 e. The average Bonchev–Trinajstić information content (AvgIpc) is 2.76. The van der Waals surface area contributed by atoms with Gasteiger partial charge in [-0.05, 0) is 68.7 Å². The van der Waals surface area contributed by atoms with E-state index in [1.165, 1.54) is 0 Å². The fourth-order valence-corrected chi connectivity index (χ4v) is 3.76. The fraction of sp³-hybridized carbons (Fsp3) is 0.333. The zero-order valence-electron chi connectivity index (χ0n) is 20.0. The van der Waals surface area contributed by atoms with E-state index < -0.39 is 5.54 Å². The van der Waals surface area contributed by atoms with Gasteiger partial charge in [0.05, 0.1) is 5.70 Å². The Balaban J connectivity index is 1.85. The SMILES string of the molecule is CC/C=C(/C=C(\N=C(C)C)C1(NC(=O)c2ccc(-c3ccc(N)cc3)cc2)CNC1)NCC. The summed E-state index contributed by atoms with van der Waals surface area (Å²) in [5.41, 5.74) is 11.5. The summed E-state index contributed by atoms with van der Waals surface area (Å²) in [6.45, 7) is 10.2. The van der Waals surface area contributed by atoms with Crippen LogP contribution in [0, 0.1) is 0 Å². The molecule has 1 heterocycles. The van der Waals surface area contributed by atoms with Crippen LogP contribution in [-0.4, -0.2) is 36.8 Å². The molecule has 1 amide bonds. The zero-order valence-corrected chi connectivity index (χ0v) is 20.0. The molecule has 6 heteroatoms. The van der Waals surface area contributed by atoms with Crippen molar-refractivity contribution < 1.29 is 4.79 Å². The third kappa shape index (κ3) is 6.11. The second kappa shape index (κ2) is 11.0. The first-order valence-electron chi connectivity index (χ1n) is 11.5. The fourth-order valence-electron chi connectivity index (χ4n) is 3.76. The molecule has 0 radical (unpaired) electrons. The Morgan fingerprint density at radius 3 is 2.15 bits per heavy atom. The van der Waals surface area contributed by atoms with Gasteiger partial charge in [0.25, 0.3) is 5.91 Å². The number of carbonyl (C=O) groups is 1. The van der Waals surface area contributed by atoms with Crippen molar-refractivity contribution in [2.75, 3.05) is 25.4 Å². The molecule has 0 atom stereocenters. The smallest absolute Gasteiger partial charge is 0.252 e. The Bertz CT molecular complexity index is 1040. The minimum Gasteiger partial charge on any atom is -0.399 e. The summed E-state index contributed by atoms with van der Waals surface area (Å²) in [5.74, 6) is -0.111. The predicted octanol–water partition coefficient (Wildman–Crippen LogP) is 4.28. The quantitative estimate of drug-likeness (QED) is 0.263. The standard InChI is InChI=1S/C27H35N5O/c1-5-7-24(30-6-2)16-25(31-19(3)4)27(17-29-18-27)32-26(33)22-10-8-20(9-11-22)21-12-14-23(28)15-13-21/h7-16,29-30H,5-6,17-18,28H2,1-4H3,(H,32,33)/b24-7-,25-16-. The predicted molar refractivity (Wildman–Crippen MR) is 138 cm³/mol. The first-order valence-corrected chi connectivity index (χ1v) is 11.5. The van der Waals surface area contributed by atoms with Gasteiger partial charge >= 0.3 is 0 Å². The molecule has 174 valence electrons. The molecule has 1 aliphatic rings. The van der Waals surface area contributed by atoms with Gasteiger partial charge in [-0.25, -0.2) is 0 Å². The van der Waals surface area contributed by atoms with Gasteiger partial charge in [0.15, 0.2) is 0 Å². The number of likely N-dealkylation sites (N-methyl/N-ethyl adjacent to an activating group) is 1. The summed E-state index contributed by atoms with van der Waals surface area (Å²) in [5, 5.41) is 9.96. The number of aliphatic imine (C=N–C) groups is 1. The second-order valence-electron chi connectivity index (χ2n) is 8.53. The highest BCUT2D eigenvalue weighted by Gasteiger charge is 2.42. The van der Waals surface area contributed by atoms with E-state index in [1.54, 1.807) is 0 Å². The van der Waals surface area contributed by atoms with Gasteiger partial charge in [0.1, 0.15) is 5.54 Å². The number of nitrogens with two attached hydrogens (primary N) is 1. The van der Waals surface area contributed by atoms with Crippen LogP contribution in [0.5, 0.6) is 0 Å². The van der Waals surface area contributed by atoms with Crippen LogP contribution in [0.3, 0.4) is 0 Å². The Morgan fingerprint density at radius 1 is 1.06 bits per heavy atom. The van der Waals surface area contributed by atoms with Crippen LogP contribution >= 0.6 is 0 Å². The molecule has 0 unspecified atom stereocenters. The highest BCUT2D eigenvalue weighted by Crippen LogP contribution is 2.26. The van der Waals surface area contributed by atoms with Crippen molar-refractivity contribution in [2.45, 2.75) is 39.7 Å². The van der Waals surface area contributed by atoms with E-state index >= 15 is 0 Å². The molecule has 1 fully saturated rings. The molecule has 3 rings (SSSR count). The van der Waals surface area contributed by atoms with E-state index in [1.807, 2.05) is 62.4 Å². The Kier molecular flexibility index (Phi) is 8.06. The van der Waals surface area contributed by atoms with Crippen LogP contribution < -0.4 is 21.7 Å². The summed E-state index contributed by atoms with van der Waals surface area (Å²) >= 11 is 0. The Morgan fingerprint density at radius 2 is 1.67 bits per heavy atom. The lowest BCUT2D eigenvalue weighted by Gasteiger charge is -2.43. The Labute approximate surface area is 197 Å². The van der Waals surface area contributed by atoms with Crippen molar-refractivity contribution in [3.05, 3.63) is 77.6 Å². The number of nitrogens with zero attached hydrogens (tertiary/aromatic N) is 1. The number of hydrogen-bond donors (Lipinski definition) is 4. The van der Waals surface area contributed by atoms with E-state index in [4.69, 9.17) is 10.7 Å². The topological polar surface area (TPSA) is 91.5 Å². The van der Waals surface area contributed by atoms with Crippen LogP contribution in [-0.2, 0) is 0 Å². The number of carbonyl (C=O) groups excluding carboxylic acids is 1. The van der Waals surface area contributed by atoms with Gasteiger partial charge in [0.2, 0.25) is 0 Å². The maximum absolute atomic E-state index is 13.2. The lowest BCUT2D eigenvalue weighted by Crippen LogP contribution is -2.69. The third-order valence-corrected chi connectivity index (χ3v) is 5.53. The van der Waals surface area contributed by atoms with E-state index in [9.17, 15) is 4.79 Å². The normalized spacial score (nSPS) is 15.4. The molecule has 0 aromatic heterocycles. The third-order valence-electron chi connectivity index (χ3n) is 5.53. The number of anilines is 1. The maximum atomic E-state index is 13.2. The molecule has 0 spiro atoms. The van der Waals surface area contributed by atoms with Crippen molar-refractivity contribution in [2.24, 2.45) is 4.99 Å². The number of nitrogen functional groups attached to an aromatic ring is 1. The number of hydrogen-bond acceptors (Lipinski definition) is 5. The van der Waals surface area contributed by atoms with Crippen molar-refractivity contribution in [1.82, 2.24) is 16.0 Å². The lowest BCUT2D eigenvalue weighted by molar-refractivity contribution is 0.0883. The van der Waals surface area contributed by atoms with Crippen molar-refractivity contribution in [3.63, 3.8) is 0 Å². The van der Waals surface area contributed by atoms with E-state index in [-0.39, 0.29) is 5.91 Å². The van der Waals surface area contributed by atoms with Crippen molar-refractivity contribution in [1.29, 1.82) is 0 Å². The highest BCUT2D eigenvalue weighted by atomic mass is 16.1. The number of allylic oxidation sites excluding steroid dienone is 2. The summed E-state index contributed by atoms with van der Waals surface area (Å²) in [7, 11) is 0. The van der Waals surface area contributed by atoms with Gasteiger partial charge in [-0.1, -0.05) is 37.3 Å². The molecule has 1 saturated heterocycles. The lowest BCUT2D eigenvalue weighted by atomic mass is 9.87. The van der Waals surface area contributed by atoms with Crippen LogP contribution in [0.1, 0.15) is 44.5 Å². The van der Waals surface area contributed by atoms with Crippen LogP contribution in [0.15, 0.2) is 77.1 Å². The second-order valence-corrected chi connectivity index (χ2v) is 8.53. The number of rotatable bonds is 9. The van der Waals surface area contributed by atoms with E-state index in [0.29, 0.717) is 18.7 Å². The summed E-state index contributed by atoms with van der Waals surface area (Å²) < 4.78 is 0. The van der Waals surface area contributed by atoms with Crippen molar-refractivity contribution >= 4 is 17.3 Å². The van der Waals surface area contributed by atoms with Gasteiger partial charge in [-0.3, -0.25) is 9.79 Å². The average molecular weight is 446 g/mol. The summed E-state index contributed by atoms with van der Waals surface area (Å²) in [4.78, 5) is 18.0. The van der Waals surface area contributed by atoms with Gasteiger partial charge in [0, 0.05) is 42.3 Å². The zero-order chi connectivity index (χ0) is 23.8. The summed E-state index contributed by atoms with van der Waals surface area (Å²) in [6.07, 6.45) is 5.12.